The Morgan fingerprint density at radius 2 is 2.21 bits per heavy atom. The van der Waals surface area contributed by atoms with E-state index in [0.29, 0.717) is 18.5 Å². The topological polar surface area (TPSA) is 75.4 Å². The highest BCUT2D eigenvalue weighted by molar-refractivity contribution is 7.10. The number of carbonyl (C=O) groups excluding carboxylic acids is 2. The molecule has 1 aromatic heterocycles. The smallest absolute Gasteiger partial charge is 0.254 e. The van der Waals surface area contributed by atoms with Gasteiger partial charge in [-0.15, -0.1) is 11.3 Å². The number of hydrogen-bond acceptors (Lipinski definition) is 4. The number of amides is 2. The molecule has 1 aliphatic heterocycles. The standard InChI is InChI=1S/C18H21N3O2S/c1-12-7-9-24-16(12)11-20-14-5-2-4-13(10-14)18(23)21-8-3-6-15(21)17(19)22/h2,4-5,7,9-10,15,20H,3,6,8,11H2,1H3,(H2,19,22)/t15-/m0/s1. The van der Waals surface area contributed by atoms with Crippen LogP contribution >= 0.6 is 11.3 Å². The number of benzene rings is 1. The molecule has 2 aromatic rings. The van der Waals surface area contributed by atoms with Gasteiger partial charge in [-0.2, -0.15) is 0 Å². The van der Waals surface area contributed by atoms with E-state index in [1.165, 1.54) is 10.4 Å². The molecule has 126 valence electrons. The first-order valence-electron chi connectivity index (χ1n) is 8.03. The summed E-state index contributed by atoms with van der Waals surface area (Å²) in [5.41, 5.74) is 8.14. The van der Waals surface area contributed by atoms with Gasteiger partial charge in [0, 0.05) is 29.2 Å². The van der Waals surface area contributed by atoms with E-state index >= 15 is 0 Å². The van der Waals surface area contributed by atoms with Gasteiger partial charge in [-0.1, -0.05) is 6.07 Å². The lowest BCUT2D eigenvalue weighted by Gasteiger charge is -2.22. The summed E-state index contributed by atoms with van der Waals surface area (Å²) in [5, 5.41) is 5.43. The molecule has 0 unspecified atom stereocenters. The van der Waals surface area contributed by atoms with E-state index in [2.05, 4.69) is 23.7 Å². The molecule has 2 amide bonds. The highest BCUT2D eigenvalue weighted by atomic mass is 32.1. The van der Waals surface area contributed by atoms with E-state index in [4.69, 9.17) is 5.73 Å². The van der Waals surface area contributed by atoms with E-state index in [0.717, 1.165) is 18.7 Å². The average molecular weight is 343 g/mol. The van der Waals surface area contributed by atoms with Crippen LogP contribution in [0.1, 0.15) is 33.6 Å². The summed E-state index contributed by atoms with van der Waals surface area (Å²) in [6.07, 6.45) is 1.46. The quantitative estimate of drug-likeness (QED) is 0.876. The summed E-state index contributed by atoms with van der Waals surface area (Å²) in [6.45, 7) is 3.40. The number of anilines is 1. The maximum Gasteiger partial charge on any atom is 0.254 e. The zero-order chi connectivity index (χ0) is 17.1. The first-order valence-corrected chi connectivity index (χ1v) is 8.91. The molecule has 1 fully saturated rings. The van der Waals surface area contributed by atoms with Gasteiger partial charge in [-0.3, -0.25) is 9.59 Å². The van der Waals surface area contributed by atoms with E-state index in [9.17, 15) is 9.59 Å². The predicted molar refractivity (Wildman–Crippen MR) is 96.1 cm³/mol. The minimum Gasteiger partial charge on any atom is -0.380 e. The summed E-state index contributed by atoms with van der Waals surface area (Å²) in [7, 11) is 0. The van der Waals surface area contributed by atoms with Crippen LogP contribution in [-0.2, 0) is 11.3 Å². The summed E-state index contributed by atoms with van der Waals surface area (Å²) in [5.74, 6) is -0.560. The Balaban J connectivity index is 1.71. The van der Waals surface area contributed by atoms with Crippen LogP contribution in [-0.4, -0.2) is 29.3 Å². The van der Waals surface area contributed by atoms with Gasteiger partial charge in [0.25, 0.3) is 5.91 Å². The van der Waals surface area contributed by atoms with Crippen LogP contribution in [0.5, 0.6) is 0 Å². The molecule has 0 bridgehead atoms. The first-order chi connectivity index (χ1) is 11.6. The fraction of sp³-hybridized carbons (Fsp3) is 0.333. The lowest BCUT2D eigenvalue weighted by molar-refractivity contribution is -0.121. The molecule has 0 aliphatic carbocycles. The highest BCUT2D eigenvalue weighted by Crippen LogP contribution is 2.22. The molecule has 3 N–H and O–H groups in total. The molecule has 6 heteroatoms. The van der Waals surface area contributed by atoms with Gasteiger partial charge in [0.1, 0.15) is 6.04 Å². The Hall–Kier alpha value is -2.34. The van der Waals surface area contributed by atoms with Crippen molar-refractivity contribution in [3.63, 3.8) is 0 Å². The highest BCUT2D eigenvalue weighted by Gasteiger charge is 2.33. The van der Waals surface area contributed by atoms with Gasteiger partial charge in [0.05, 0.1) is 0 Å². The summed E-state index contributed by atoms with van der Waals surface area (Å²) in [6, 6.07) is 9.02. The molecule has 24 heavy (non-hydrogen) atoms. The van der Waals surface area contributed by atoms with E-state index < -0.39 is 11.9 Å². The second-order valence-electron chi connectivity index (χ2n) is 6.02. The third kappa shape index (κ3) is 3.43. The minimum absolute atomic E-state index is 0.132. The minimum atomic E-state index is -0.483. The molecular formula is C18H21N3O2S. The Bertz CT molecular complexity index is 756. The van der Waals surface area contributed by atoms with Crippen LogP contribution in [0.3, 0.4) is 0 Å². The fourth-order valence-electron chi connectivity index (χ4n) is 3.00. The molecule has 1 atom stereocenters. The normalized spacial score (nSPS) is 17.0. The zero-order valence-corrected chi connectivity index (χ0v) is 14.4. The monoisotopic (exact) mass is 343 g/mol. The van der Waals surface area contributed by atoms with Gasteiger partial charge in [0.2, 0.25) is 5.91 Å². The second kappa shape index (κ2) is 7.05. The van der Waals surface area contributed by atoms with Crippen LogP contribution in [0.4, 0.5) is 5.69 Å². The lowest BCUT2D eigenvalue weighted by atomic mass is 10.1. The Kier molecular flexibility index (Phi) is 4.85. The number of nitrogens with two attached hydrogens (primary N) is 1. The number of hydrogen-bond donors (Lipinski definition) is 2. The Labute approximate surface area is 145 Å². The Morgan fingerprint density at radius 3 is 2.92 bits per heavy atom. The number of carbonyl (C=O) groups is 2. The maximum absolute atomic E-state index is 12.7. The van der Waals surface area contributed by atoms with Crippen molar-refractivity contribution in [1.82, 2.24) is 4.90 Å². The number of likely N-dealkylation sites (tertiary alicyclic amines) is 1. The number of aryl methyl sites for hydroxylation is 1. The SMILES string of the molecule is Cc1ccsc1CNc1cccc(C(=O)N2CCC[C@H]2C(N)=O)c1. The fourth-order valence-corrected chi connectivity index (χ4v) is 3.85. The van der Waals surface area contributed by atoms with Crippen LogP contribution in [0, 0.1) is 6.92 Å². The molecular weight excluding hydrogens is 322 g/mol. The van der Waals surface area contributed by atoms with E-state index in [-0.39, 0.29) is 5.91 Å². The summed E-state index contributed by atoms with van der Waals surface area (Å²) >= 11 is 1.71. The number of nitrogens with one attached hydrogen (secondary N) is 1. The summed E-state index contributed by atoms with van der Waals surface area (Å²) < 4.78 is 0. The molecule has 3 rings (SSSR count). The molecule has 2 heterocycles. The molecule has 1 aliphatic rings. The molecule has 0 saturated carbocycles. The van der Waals surface area contributed by atoms with Crippen LogP contribution in [0.25, 0.3) is 0 Å². The third-order valence-corrected chi connectivity index (χ3v) is 5.40. The van der Waals surface area contributed by atoms with Crippen LogP contribution in [0.15, 0.2) is 35.7 Å². The number of thiophene rings is 1. The zero-order valence-electron chi connectivity index (χ0n) is 13.6. The van der Waals surface area contributed by atoms with Crippen molar-refractivity contribution < 1.29 is 9.59 Å². The molecule has 1 saturated heterocycles. The van der Waals surface area contributed by atoms with Gasteiger partial charge in [0.15, 0.2) is 0 Å². The van der Waals surface area contributed by atoms with Crippen molar-refractivity contribution in [2.75, 3.05) is 11.9 Å². The van der Waals surface area contributed by atoms with Crippen molar-refractivity contribution in [2.45, 2.75) is 32.4 Å². The van der Waals surface area contributed by atoms with Gasteiger partial charge in [-0.25, -0.2) is 0 Å². The second-order valence-corrected chi connectivity index (χ2v) is 7.02. The van der Waals surface area contributed by atoms with Crippen molar-refractivity contribution in [3.8, 4) is 0 Å². The number of primary amides is 1. The average Bonchev–Trinajstić information content (AvgIpc) is 3.21. The van der Waals surface area contributed by atoms with Crippen molar-refractivity contribution >= 4 is 28.8 Å². The molecule has 0 spiro atoms. The summed E-state index contributed by atoms with van der Waals surface area (Å²) in [4.78, 5) is 27.1. The van der Waals surface area contributed by atoms with Crippen LogP contribution < -0.4 is 11.1 Å². The number of nitrogens with zero attached hydrogens (tertiary/aromatic N) is 1. The number of rotatable bonds is 5. The van der Waals surface area contributed by atoms with Crippen molar-refractivity contribution in [2.24, 2.45) is 5.73 Å². The van der Waals surface area contributed by atoms with Gasteiger partial charge < -0.3 is 16.0 Å². The van der Waals surface area contributed by atoms with Crippen LogP contribution in [0.2, 0.25) is 0 Å². The van der Waals surface area contributed by atoms with Crippen molar-refractivity contribution in [1.29, 1.82) is 0 Å². The van der Waals surface area contributed by atoms with Gasteiger partial charge in [-0.05, 0) is 55.0 Å². The molecule has 1 aromatic carbocycles. The van der Waals surface area contributed by atoms with Crippen molar-refractivity contribution in [3.05, 3.63) is 51.7 Å². The van der Waals surface area contributed by atoms with Gasteiger partial charge >= 0.3 is 0 Å². The molecule has 5 nitrogen and oxygen atoms in total. The largest absolute Gasteiger partial charge is 0.380 e. The van der Waals surface area contributed by atoms with E-state index in [1.54, 1.807) is 22.3 Å². The lowest BCUT2D eigenvalue weighted by Crippen LogP contribution is -2.43. The predicted octanol–water partition coefficient (Wildman–Crippen LogP) is 2.76. The molecule has 0 radical (unpaired) electrons. The van der Waals surface area contributed by atoms with E-state index in [1.807, 2.05) is 18.2 Å². The maximum atomic E-state index is 12.7. The first kappa shape index (κ1) is 16.5. The Morgan fingerprint density at radius 1 is 1.38 bits per heavy atom. The third-order valence-electron chi connectivity index (χ3n) is 4.37.